The SMILES string of the molecule is CC(C)(C)OC(=O)N1C[C@H](C(F)(F)F)[C@@](C)(CN)C1. The second-order valence-electron chi connectivity index (χ2n) is 6.31. The third kappa shape index (κ3) is 3.75. The van der Waals surface area contributed by atoms with Gasteiger partial charge in [0, 0.05) is 25.0 Å². The van der Waals surface area contributed by atoms with Crippen LogP contribution in [0, 0.1) is 11.3 Å². The van der Waals surface area contributed by atoms with E-state index in [4.69, 9.17) is 10.5 Å². The molecule has 1 fully saturated rings. The van der Waals surface area contributed by atoms with Crippen LogP contribution in [0.1, 0.15) is 27.7 Å². The second-order valence-corrected chi connectivity index (χ2v) is 6.31. The molecule has 1 rings (SSSR count). The monoisotopic (exact) mass is 282 g/mol. The molecule has 1 aliphatic heterocycles. The standard InChI is InChI=1S/C12H21F3N2O2/c1-10(2,3)19-9(18)17-5-8(12(13,14)15)11(4,6-16)7-17/h8H,5-7,16H2,1-4H3/t8-,11-/m0/s1. The van der Waals surface area contributed by atoms with Crippen molar-refractivity contribution in [2.45, 2.75) is 39.5 Å². The van der Waals surface area contributed by atoms with Crippen molar-refractivity contribution >= 4 is 6.09 Å². The molecule has 4 nitrogen and oxygen atoms in total. The molecule has 1 heterocycles. The first-order chi connectivity index (χ1) is 8.39. The number of carbonyl (C=O) groups excluding carboxylic acids is 1. The van der Waals surface area contributed by atoms with E-state index in [9.17, 15) is 18.0 Å². The first kappa shape index (κ1) is 16.1. The Hall–Kier alpha value is -0.980. The maximum atomic E-state index is 13.0. The zero-order valence-electron chi connectivity index (χ0n) is 11.7. The van der Waals surface area contributed by atoms with Gasteiger partial charge < -0.3 is 15.4 Å². The highest BCUT2D eigenvalue weighted by molar-refractivity contribution is 5.68. The van der Waals surface area contributed by atoms with Gasteiger partial charge in [-0.2, -0.15) is 13.2 Å². The molecule has 7 heteroatoms. The molecule has 0 aromatic carbocycles. The highest BCUT2D eigenvalue weighted by Gasteiger charge is 2.57. The molecule has 0 spiro atoms. The van der Waals surface area contributed by atoms with E-state index in [1.807, 2.05) is 0 Å². The lowest BCUT2D eigenvalue weighted by atomic mass is 9.79. The summed E-state index contributed by atoms with van der Waals surface area (Å²) in [6.45, 7) is 5.90. The van der Waals surface area contributed by atoms with Gasteiger partial charge in [-0.1, -0.05) is 6.92 Å². The van der Waals surface area contributed by atoms with E-state index >= 15 is 0 Å². The molecular weight excluding hydrogens is 261 g/mol. The summed E-state index contributed by atoms with van der Waals surface area (Å²) in [5.74, 6) is -1.61. The van der Waals surface area contributed by atoms with E-state index in [0.29, 0.717) is 0 Å². The summed E-state index contributed by atoms with van der Waals surface area (Å²) in [7, 11) is 0. The van der Waals surface area contributed by atoms with Crippen molar-refractivity contribution < 1.29 is 22.7 Å². The number of carbonyl (C=O) groups is 1. The molecule has 0 bridgehead atoms. The molecule has 2 N–H and O–H groups in total. The Bertz CT molecular complexity index is 352. The van der Waals surface area contributed by atoms with Crippen molar-refractivity contribution in [2.24, 2.45) is 17.1 Å². The van der Waals surface area contributed by atoms with Crippen LogP contribution >= 0.6 is 0 Å². The highest BCUT2D eigenvalue weighted by Crippen LogP contribution is 2.45. The lowest BCUT2D eigenvalue weighted by molar-refractivity contribution is -0.191. The highest BCUT2D eigenvalue weighted by atomic mass is 19.4. The van der Waals surface area contributed by atoms with E-state index < -0.39 is 35.7 Å². The number of nitrogens with two attached hydrogens (primary N) is 1. The van der Waals surface area contributed by atoms with Crippen LogP contribution in [0.5, 0.6) is 0 Å². The Labute approximate surface area is 111 Å². The summed E-state index contributed by atoms with van der Waals surface area (Å²) in [4.78, 5) is 12.9. The van der Waals surface area contributed by atoms with Crippen molar-refractivity contribution in [1.29, 1.82) is 0 Å². The number of rotatable bonds is 1. The Morgan fingerprint density at radius 2 is 1.95 bits per heavy atom. The summed E-state index contributed by atoms with van der Waals surface area (Å²) < 4.78 is 44.0. The van der Waals surface area contributed by atoms with E-state index in [1.165, 1.54) is 6.92 Å². The molecule has 0 unspecified atom stereocenters. The fraction of sp³-hybridized carbons (Fsp3) is 0.917. The minimum absolute atomic E-state index is 0.0391. The third-order valence-electron chi connectivity index (χ3n) is 3.31. The molecule has 0 saturated carbocycles. The number of hydrogen-bond donors (Lipinski definition) is 1. The number of ether oxygens (including phenoxy) is 1. The van der Waals surface area contributed by atoms with Crippen LogP contribution in [-0.2, 0) is 4.74 Å². The van der Waals surface area contributed by atoms with E-state index in [0.717, 1.165) is 4.90 Å². The Kier molecular flexibility index (Phi) is 4.10. The van der Waals surface area contributed by atoms with Gasteiger partial charge in [0.25, 0.3) is 0 Å². The van der Waals surface area contributed by atoms with Crippen molar-refractivity contribution in [1.82, 2.24) is 4.90 Å². The number of alkyl halides is 3. The molecule has 0 radical (unpaired) electrons. The zero-order valence-corrected chi connectivity index (χ0v) is 11.7. The molecule has 1 aliphatic rings. The van der Waals surface area contributed by atoms with Gasteiger partial charge in [0.1, 0.15) is 5.60 Å². The zero-order chi connectivity index (χ0) is 15.1. The summed E-state index contributed by atoms with van der Waals surface area (Å²) in [6, 6.07) is 0. The van der Waals surface area contributed by atoms with Gasteiger partial charge in [0.15, 0.2) is 0 Å². The molecule has 112 valence electrons. The van der Waals surface area contributed by atoms with Gasteiger partial charge in [-0.15, -0.1) is 0 Å². The largest absolute Gasteiger partial charge is 0.444 e. The topological polar surface area (TPSA) is 55.6 Å². The molecule has 1 amide bonds. The number of hydrogen-bond acceptors (Lipinski definition) is 3. The quantitative estimate of drug-likeness (QED) is 0.803. The minimum atomic E-state index is -4.37. The Balaban J connectivity index is 2.85. The van der Waals surface area contributed by atoms with Gasteiger partial charge >= 0.3 is 12.3 Å². The molecule has 0 aromatic heterocycles. The molecule has 0 aromatic rings. The van der Waals surface area contributed by atoms with Crippen LogP contribution in [0.25, 0.3) is 0 Å². The van der Waals surface area contributed by atoms with E-state index in [1.54, 1.807) is 20.8 Å². The van der Waals surface area contributed by atoms with Crippen LogP contribution in [0.3, 0.4) is 0 Å². The smallest absolute Gasteiger partial charge is 0.410 e. The number of halogens is 3. The summed E-state index contributed by atoms with van der Waals surface area (Å²) in [5.41, 5.74) is 3.58. The average Bonchev–Trinajstić information content (AvgIpc) is 2.54. The molecule has 19 heavy (non-hydrogen) atoms. The van der Waals surface area contributed by atoms with Gasteiger partial charge in [0.2, 0.25) is 0 Å². The van der Waals surface area contributed by atoms with Crippen LogP contribution in [0.15, 0.2) is 0 Å². The maximum absolute atomic E-state index is 13.0. The van der Waals surface area contributed by atoms with Crippen LogP contribution < -0.4 is 5.73 Å². The Morgan fingerprint density at radius 3 is 2.26 bits per heavy atom. The molecule has 0 aliphatic carbocycles. The fourth-order valence-corrected chi connectivity index (χ4v) is 2.22. The van der Waals surface area contributed by atoms with Gasteiger partial charge in [-0.25, -0.2) is 4.79 Å². The molecule has 2 atom stereocenters. The maximum Gasteiger partial charge on any atom is 0.410 e. The molecular formula is C12H21F3N2O2. The first-order valence-corrected chi connectivity index (χ1v) is 6.14. The number of nitrogens with zero attached hydrogens (tertiary/aromatic N) is 1. The predicted molar refractivity (Wildman–Crippen MR) is 64.5 cm³/mol. The van der Waals surface area contributed by atoms with Crippen LogP contribution in [0.4, 0.5) is 18.0 Å². The predicted octanol–water partition coefficient (Wildman–Crippen LogP) is 2.38. The van der Waals surface area contributed by atoms with Crippen LogP contribution in [0.2, 0.25) is 0 Å². The van der Waals surface area contributed by atoms with Gasteiger partial charge in [-0.05, 0) is 20.8 Å². The van der Waals surface area contributed by atoms with Gasteiger partial charge in [-0.3, -0.25) is 0 Å². The van der Waals surface area contributed by atoms with Crippen molar-refractivity contribution in [2.75, 3.05) is 19.6 Å². The first-order valence-electron chi connectivity index (χ1n) is 6.14. The fourth-order valence-electron chi connectivity index (χ4n) is 2.22. The van der Waals surface area contributed by atoms with Crippen molar-refractivity contribution in [3.05, 3.63) is 0 Å². The number of likely N-dealkylation sites (tertiary alicyclic amines) is 1. The Morgan fingerprint density at radius 1 is 1.42 bits per heavy atom. The summed E-state index contributed by atoms with van der Waals surface area (Å²) in [5, 5.41) is 0. The van der Waals surface area contributed by atoms with Crippen molar-refractivity contribution in [3.8, 4) is 0 Å². The van der Waals surface area contributed by atoms with E-state index in [2.05, 4.69) is 0 Å². The third-order valence-corrected chi connectivity index (χ3v) is 3.31. The van der Waals surface area contributed by atoms with Crippen LogP contribution in [-0.4, -0.2) is 42.4 Å². The minimum Gasteiger partial charge on any atom is -0.444 e. The average molecular weight is 282 g/mol. The van der Waals surface area contributed by atoms with Gasteiger partial charge in [0.05, 0.1) is 5.92 Å². The normalized spacial score (nSPS) is 28.6. The summed E-state index contributed by atoms with van der Waals surface area (Å²) >= 11 is 0. The lowest BCUT2D eigenvalue weighted by Crippen LogP contribution is -2.42. The van der Waals surface area contributed by atoms with Crippen molar-refractivity contribution in [3.63, 3.8) is 0 Å². The summed E-state index contributed by atoms with van der Waals surface area (Å²) in [6.07, 6.45) is -5.09. The number of amides is 1. The van der Waals surface area contributed by atoms with E-state index in [-0.39, 0.29) is 13.1 Å². The second kappa shape index (κ2) is 4.85. The lowest BCUT2D eigenvalue weighted by Gasteiger charge is -2.30. The molecule has 1 saturated heterocycles.